The molecule has 3 heterocycles. The zero-order chi connectivity index (χ0) is 14.7. The van der Waals surface area contributed by atoms with Crippen molar-refractivity contribution in [1.82, 2.24) is 19.9 Å². The first-order valence-electron chi connectivity index (χ1n) is 7.19. The molecule has 0 aromatic carbocycles. The fourth-order valence-electron chi connectivity index (χ4n) is 2.44. The van der Waals surface area contributed by atoms with E-state index in [-0.39, 0.29) is 6.10 Å². The Kier molecular flexibility index (Phi) is 3.94. The van der Waals surface area contributed by atoms with Crippen LogP contribution in [0, 0.1) is 13.8 Å². The van der Waals surface area contributed by atoms with Gasteiger partial charge < -0.3 is 9.64 Å². The molecule has 1 atom stereocenters. The lowest BCUT2D eigenvalue weighted by Crippen LogP contribution is -2.41. The van der Waals surface area contributed by atoms with E-state index in [1.807, 2.05) is 13.8 Å². The molecule has 0 aliphatic carbocycles. The SMILES string of the molecule is Cc1cnc(OC2CCCN(c3cncc(C)n3)C2)nc1. The van der Waals surface area contributed by atoms with Crippen molar-refractivity contribution in [2.24, 2.45) is 0 Å². The van der Waals surface area contributed by atoms with Crippen LogP contribution in [0.5, 0.6) is 6.01 Å². The van der Waals surface area contributed by atoms with Gasteiger partial charge in [-0.15, -0.1) is 0 Å². The molecular weight excluding hydrogens is 266 g/mol. The highest BCUT2D eigenvalue weighted by molar-refractivity contribution is 5.37. The van der Waals surface area contributed by atoms with Gasteiger partial charge in [0, 0.05) is 25.1 Å². The predicted octanol–water partition coefficient (Wildman–Crippen LogP) is 1.93. The van der Waals surface area contributed by atoms with Crippen LogP contribution in [-0.4, -0.2) is 39.1 Å². The molecular formula is C15H19N5O. The Balaban J connectivity index is 1.67. The van der Waals surface area contributed by atoms with Crippen LogP contribution in [-0.2, 0) is 0 Å². The molecule has 1 aliphatic heterocycles. The van der Waals surface area contributed by atoms with E-state index >= 15 is 0 Å². The van der Waals surface area contributed by atoms with Gasteiger partial charge in [0.25, 0.3) is 0 Å². The summed E-state index contributed by atoms with van der Waals surface area (Å²) in [6.07, 6.45) is 9.27. The van der Waals surface area contributed by atoms with Crippen LogP contribution in [0.4, 0.5) is 5.82 Å². The van der Waals surface area contributed by atoms with Crippen molar-refractivity contribution in [2.75, 3.05) is 18.0 Å². The van der Waals surface area contributed by atoms with Crippen LogP contribution in [0.2, 0.25) is 0 Å². The Hall–Kier alpha value is -2.24. The Morgan fingerprint density at radius 1 is 1.14 bits per heavy atom. The van der Waals surface area contributed by atoms with E-state index in [9.17, 15) is 0 Å². The molecule has 2 aromatic rings. The first kappa shape index (κ1) is 13.7. The quantitative estimate of drug-likeness (QED) is 0.858. The van der Waals surface area contributed by atoms with E-state index < -0.39 is 0 Å². The second-order valence-electron chi connectivity index (χ2n) is 5.39. The highest BCUT2D eigenvalue weighted by Crippen LogP contribution is 2.19. The van der Waals surface area contributed by atoms with Crippen molar-refractivity contribution in [2.45, 2.75) is 32.8 Å². The number of ether oxygens (including phenoxy) is 1. The van der Waals surface area contributed by atoms with E-state index in [1.165, 1.54) is 0 Å². The Labute approximate surface area is 124 Å². The van der Waals surface area contributed by atoms with Gasteiger partial charge in [-0.3, -0.25) is 4.98 Å². The minimum Gasteiger partial charge on any atom is -0.458 e. The van der Waals surface area contributed by atoms with Crippen LogP contribution in [0.3, 0.4) is 0 Å². The van der Waals surface area contributed by atoms with Crippen molar-refractivity contribution in [3.63, 3.8) is 0 Å². The predicted molar refractivity (Wildman–Crippen MR) is 79.4 cm³/mol. The number of aromatic nitrogens is 4. The number of anilines is 1. The standard InChI is InChI=1S/C15H19N5O/c1-11-6-17-15(18-7-11)21-13-4-3-5-20(10-13)14-9-16-8-12(2)19-14/h6-9,13H,3-5,10H2,1-2H3. The molecule has 110 valence electrons. The molecule has 1 saturated heterocycles. The molecule has 1 fully saturated rings. The van der Waals surface area contributed by atoms with Gasteiger partial charge in [-0.1, -0.05) is 0 Å². The Morgan fingerprint density at radius 3 is 2.71 bits per heavy atom. The summed E-state index contributed by atoms with van der Waals surface area (Å²) in [5.41, 5.74) is 1.96. The summed E-state index contributed by atoms with van der Waals surface area (Å²) in [7, 11) is 0. The van der Waals surface area contributed by atoms with E-state index in [0.717, 1.165) is 43.0 Å². The largest absolute Gasteiger partial charge is 0.458 e. The summed E-state index contributed by atoms with van der Waals surface area (Å²) in [6, 6.07) is 0.447. The lowest BCUT2D eigenvalue weighted by atomic mass is 10.1. The van der Waals surface area contributed by atoms with Crippen molar-refractivity contribution in [1.29, 1.82) is 0 Å². The fourth-order valence-corrected chi connectivity index (χ4v) is 2.44. The molecule has 6 heteroatoms. The topological polar surface area (TPSA) is 64.0 Å². The minimum atomic E-state index is 0.0868. The molecule has 1 aliphatic rings. The van der Waals surface area contributed by atoms with Crippen LogP contribution in [0.25, 0.3) is 0 Å². The number of aryl methyl sites for hydroxylation is 2. The summed E-state index contributed by atoms with van der Waals surface area (Å²) < 4.78 is 5.88. The number of hydrogen-bond acceptors (Lipinski definition) is 6. The summed E-state index contributed by atoms with van der Waals surface area (Å²) in [5.74, 6) is 0.910. The van der Waals surface area contributed by atoms with Crippen molar-refractivity contribution >= 4 is 5.82 Å². The first-order valence-corrected chi connectivity index (χ1v) is 7.19. The monoisotopic (exact) mass is 285 g/mol. The van der Waals surface area contributed by atoms with Crippen molar-refractivity contribution < 1.29 is 4.74 Å². The molecule has 1 unspecified atom stereocenters. The third kappa shape index (κ3) is 3.45. The van der Waals surface area contributed by atoms with Gasteiger partial charge >= 0.3 is 6.01 Å². The molecule has 6 nitrogen and oxygen atoms in total. The van der Waals surface area contributed by atoms with E-state index in [1.54, 1.807) is 24.8 Å². The number of hydrogen-bond donors (Lipinski definition) is 0. The lowest BCUT2D eigenvalue weighted by molar-refractivity contribution is 0.164. The summed E-state index contributed by atoms with van der Waals surface area (Å²) in [4.78, 5) is 19.4. The van der Waals surface area contributed by atoms with Gasteiger partial charge in [0.1, 0.15) is 11.9 Å². The third-order valence-corrected chi connectivity index (χ3v) is 3.47. The highest BCUT2D eigenvalue weighted by atomic mass is 16.5. The number of nitrogens with zero attached hydrogens (tertiary/aromatic N) is 5. The first-order chi connectivity index (χ1) is 10.2. The maximum absolute atomic E-state index is 5.88. The van der Waals surface area contributed by atoms with Crippen LogP contribution < -0.4 is 9.64 Å². The summed E-state index contributed by atoms with van der Waals surface area (Å²) in [5, 5.41) is 0. The molecule has 0 bridgehead atoms. The maximum Gasteiger partial charge on any atom is 0.316 e. The van der Waals surface area contributed by atoms with Crippen LogP contribution in [0.15, 0.2) is 24.8 Å². The zero-order valence-electron chi connectivity index (χ0n) is 12.4. The van der Waals surface area contributed by atoms with Gasteiger partial charge in [-0.25, -0.2) is 15.0 Å². The molecule has 0 saturated carbocycles. The van der Waals surface area contributed by atoms with Crippen LogP contribution >= 0.6 is 0 Å². The van der Waals surface area contributed by atoms with E-state index in [0.29, 0.717) is 6.01 Å². The lowest BCUT2D eigenvalue weighted by Gasteiger charge is -2.33. The minimum absolute atomic E-state index is 0.0868. The normalized spacial score (nSPS) is 18.6. The van der Waals surface area contributed by atoms with Crippen molar-refractivity contribution in [3.05, 3.63) is 36.0 Å². The Morgan fingerprint density at radius 2 is 1.95 bits per heavy atom. The summed E-state index contributed by atoms with van der Waals surface area (Å²) in [6.45, 7) is 5.68. The molecule has 21 heavy (non-hydrogen) atoms. The molecule has 2 aromatic heterocycles. The summed E-state index contributed by atoms with van der Waals surface area (Å²) >= 11 is 0. The number of rotatable bonds is 3. The molecule has 0 N–H and O–H groups in total. The average molecular weight is 285 g/mol. The van der Waals surface area contributed by atoms with Crippen molar-refractivity contribution in [3.8, 4) is 6.01 Å². The van der Waals surface area contributed by atoms with Gasteiger partial charge in [-0.05, 0) is 32.3 Å². The smallest absolute Gasteiger partial charge is 0.316 e. The fraction of sp³-hybridized carbons (Fsp3) is 0.467. The number of piperidine rings is 1. The van der Waals surface area contributed by atoms with Gasteiger partial charge in [0.2, 0.25) is 0 Å². The molecule has 0 spiro atoms. The average Bonchev–Trinajstić information content (AvgIpc) is 2.50. The molecule has 3 rings (SSSR count). The molecule has 0 amide bonds. The highest BCUT2D eigenvalue weighted by Gasteiger charge is 2.23. The van der Waals surface area contributed by atoms with Gasteiger partial charge in [0.05, 0.1) is 18.4 Å². The van der Waals surface area contributed by atoms with Gasteiger partial charge in [0.15, 0.2) is 0 Å². The second kappa shape index (κ2) is 6.03. The van der Waals surface area contributed by atoms with Crippen LogP contribution in [0.1, 0.15) is 24.1 Å². The zero-order valence-corrected chi connectivity index (χ0v) is 12.4. The van der Waals surface area contributed by atoms with Gasteiger partial charge in [-0.2, -0.15) is 0 Å². The third-order valence-electron chi connectivity index (χ3n) is 3.47. The van der Waals surface area contributed by atoms with E-state index in [2.05, 4.69) is 24.8 Å². The molecule has 0 radical (unpaired) electrons. The Bertz CT molecular complexity index is 601. The second-order valence-corrected chi connectivity index (χ2v) is 5.39. The van der Waals surface area contributed by atoms with E-state index in [4.69, 9.17) is 4.74 Å². The maximum atomic E-state index is 5.88.